The summed E-state index contributed by atoms with van der Waals surface area (Å²) in [5.41, 5.74) is 1.12. The van der Waals surface area contributed by atoms with Gasteiger partial charge in [-0.2, -0.15) is 0 Å². The highest BCUT2D eigenvalue weighted by Gasteiger charge is 2.28. The number of benzene rings is 1. The van der Waals surface area contributed by atoms with E-state index in [9.17, 15) is 4.79 Å². The molecule has 1 N–H and O–H groups in total. The lowest BCUT2D eigenvalue weighted by atomic mass is 10.2. The lowest BCUT2D eigenvalue weighted by molar-refractivity contribution is -0.127. The molecule has 2 fully saturated rings. The van der Waals surface area contributed by atoms with Crippen LogP contribution >= 0.6 is 11.3 Å². The van der Waals surface area contributed by atoms with E-state index >= 15 is 0 Å². The second kappa shape index (κ2) is 9.11. The van der Waals surface area contributed by atoms with Crippen LogP contribution in [0.2, 0.25) is 0 Å². The van der Waals surface area contributed by atoms with Gasteiger partial charge in [-0.15, -0.1) is 10.2 Å². The van der Waals surface area contributed by atoms with E-state index < -0.39 is 0 Å². The van der Waals surface area contributed by atoms with Crippen LogP contribution in [0.25, 0.3) is 10.6 Å². The second-order valence-electron chi connectivity index (χ2n) is 7.85. The van der Waals surface area contributed by atoms with Gasteiger partial charge >= 0.3 is 0 Å². The summed E-state index contributed by atoms with van der Waals surface area (Å²) in [5, 5.41) is 14.0. The Balaban J connectivity index is 1.25. The van der Waals surface area contributed by atoms with Crippen molar-refractivity contribution >= 4 is 17.2 Å². The minimum atomic E-state index is -0.0473. The molecule has 1 saturated heterocycles. The van der Waals surface area contributed by atoms with Crippen molar-refractivity contribution in [3.05, 3.63) is 35.3 Å². The van der Waals surface area contributed by atoms with Crippen LogP contribution in [0.15, 0.2) is 30.3 Å². The standard InChI is InChI=1S/C21H29N5OS/c1-16(20(27)22-18-9-5-6-10-18)26-13-11-25(12-14-26)15-19-23-24-21(28-19)17-7-3-2-4-8-17/h2-4,7-8,16,18H,5-6,9-15H2,1H3,(H,22,27). The highest BCUT2D eigenvalue weighted by atomic mass is 32.1. The molecule has 1 amide bonds. The molecule has 28 heavy (non-hydrogen) atoms. The number of hydrogen-bond acceptors (Lipinski definition) is 6. The molecule has 2 aromatic rings. The molecule has 0 spiro atoms. The predicted octanol–water partition coefficient (Wildman–Crippen LogP) is 2.77. The normalized spacial score (nSPS) is 20.3. The maximum atomic E-state index is 12.5. The molecule has 0 bridgehead atoms. The maximum Gasteiger partial charge on any atom is 0.237 e. The smallest absolute Gasteiger partial charge is 0.237 e. The van der Waals surface area contributed by atoms with Crippen LogP contribution in [-0.2, 0) is 11.3 Å². The molecule has 1 aliphatic carbocycles. The van der Waals surface area contributed by atoms with Crippen LogP contribution in [0.3, 0.4) is 0 Å². The number of piperazine rings is 1. The summed E-state index contributed by atoms with van der Waals surface area (Å²) < 4.78 is 0. The number of nitrogens with zero attached hydrogens (tertiary/aromatic N) is 4. The highest BCUT2D eigenvalue weighted by molar-refractivity contribution is 7.14. The van der Waals surface area contributed by atoms with Gasteiger partial charge in [0.25, 0.3) is 0 Å². The fraction of sp³-hybridized carbons (Fsp3) is 0.571. The lowest BCUT2D eigenvalue weighted by Crippen LogP contribution is -2.54. The number of amides is 1. The third-order valence-corrected chi connectivity index (χ3v) is 6.84. The maximum absolute atomic E-state index is 12.5. The Morgan fingerprint density at radius 2 is 1.86 bits per heavy atom. The minimum absolute atomic E-state index is 0.0473. The highest BCUT2D eigenvalue weighted by Crippen LogP contribution is 2.24. The number of carbonyl (C=O) groups is 1. The summed E-state index contributed by atoms with van der Waals surface area (Å²) in [6.07, 6.45) is 4.77. The first kappa shape index (κ1) is 19.5. The molecule has 150 valence electrons. The van der Waals surface area contributed by atoms with E-state index in [-0.39, 0.29) is 11.9 Å². The molecule has 1 aliphatic heterocycles. The van der Waals surface area contributed by atoms with Crippen molar-refractivity contribution in [2.45, 2.75) is 51.2 Å². The van der Waals surface area contributed by atoms with Crippen LogP contribution in [0.5, 0.6) is 0 Å². The quantitative estimate of drug-likeness (QED) is 0.809. The van der Waals surface area contributed by atoms with E-state index in [2.05, 4.69) is 37.4 Å². The lowest BCUT2D eigenvalue weighted by Gasteiger charge is -2.37. The molecule has 2 heterocycles. The molecule has 6 nitrogen and oxygen atoms in total. The van der Waals surface area contributed by atoms with Crippen molar-refractivity contribution in [1.82, 2.24) is 25.3 Å². The van der Waals surface area contributed by atoms with Crippen molar-refractivity contribution in [2.24, 2.45) is 0 Å². The predicted molar refractivity (Wildman–Crippen MR) is 112 cm³/mol. The Morgan fingerprint density at radius 1 is 1.14 bits per heavy atom. The fourth-order valence-corrected chi connectivity index (χ4v) is 4.96. The minimum Gasteiger partial charge on any atom is -0.352 e. The van der Waals surface area contributed by atoms with Crippen molar-refractivity contribution in [3.63, 3.8) is 0 Å². The van der Waals surface area contributed by atoms with Crippen molar-refractivity contribution in [3.8, 4) is 10.6 Å². The van der Waals surface area contributed by atoms with Gasteiger partial charge in [0.2, 0.25) is 5.91 Å². The molecule has 2 aliphatic rings. The molecule has 1 atom stereocenters. The van der Waals surface area contributed by atoms with Gasteiger partial charge in [0.1, 0.15) is 10.0 Å². The summed E-state index contributed by atoms with van der Waals surface area (Å²) >= 11 is 1.67. The zero-order valence-electron chi connectivity index (χ0n) is 16.5. The molecule has 0 radical (unpaired) electrons. The van der Waals surface area contributed by atoms with Gasteiger partial charge in [-0.25, -0.2) is 0 Å². The fourth-order valence-electron chi connectivity index (χ4n) is 4.07. The summed E-state index contributed by atoms with van der Waals surface area (Å²) in [5.74, 6) is 0.192. The van der Waals surface area contributed by atoms with Gasteiger partial charge in [0.15, 0.2) is 0 Å². The number of aromatic nitrogens is 2. The summed E-state index contributed by atoms with van der Waals surface area (Å²) in [4.78, 5) is 17.2. The zero-order valence-corrected chi connectivity index (χ0v) is 17.3. The summed E-state index contributed by atoms with van der Waals surface area (Å²) in [6.45, 7) is 6.63. The van der Waals surface area contributed by atoms with Crippen molar-refractivity contribution in [1.29, 1.82) is 0 Å². The first-order chi connectivity index (χ1) is 13.7. The molecule has 1 unspecified atom stereocenters. The van der Waals surface area contributed by atoms with Crippen LogP contribution in [0, 0.1) is 0 Å². The van der Waals surface area contributed by atoms with Gasteiger partial charge in [-0.1, -0.05) is 54.5 Å². The molecule has 4 rings (SSSR count). The monoisotopic (exact) mass is 399 g/mol. The zero-order chi connectivity index (χ0) is 19.3. The number of nitrogens with one attached hydrogen (secondary N) is 1. The van der Waals surface area contributed by atoms with Gasteiger partial charge in [-0.3, -0.25) is 14.6 Å². The molecule has 1 saturated carbocycles. The number of carbonyl (C=O) groups excluding carboxylic acids is 1. The third-order valence-electron chi connectivity index (χ3n) is 5.88. The molecule has 7 heteroatoms. The SMILES string of the molecule is CC(C(=O)NC1CCCC1)N1CCN(Cc2nnc(-c3ccccc3)s2)CC1. The molecule has 1 aromatic heterocycles. The van der Waals surface area contributed by atoms with Gasteiger partial charge < -0.3 is 5.32 Å². The van der Waals surface area contributed by atoms with Gasteiger partial charge in [-0.05, 0) is 19.8 Å². The molecular formula is C21H29N5OS. The second-order valence-corrected chi connectivity index (χ2v) is 8.91. The summed E-state index contributed by atoms with van der Waals surface area (Å²) in [6, 6.07) is 10.6. The van der Waals surface area contributed by atoms with E-state index in [1.54, 1.807) is 11.3 Å². The number of hydrogen-bond donors (Lipinski definition) is 1. The Morgan fingerprint density at radius 3 is 2.57 bits per heavy atom. The Hall–Kier alpha value is -1.83. The topological polar surface area (TPSA) is 61.4 Å². The number of rotatable bonds is 6. The average Bonchev–Trinajstić information content (AvgIpc) is 3.41. The summed E-state index contributed by atoms with van der Waals surface area (Å²) in [7, 11) is 0. The van der Waals surface area contributed by atoms with Gasteiger partial charge in [0.05, 0.1) is 12.6 Å². The first-order valence-corrected chi connectivity index (χ1v) is 11.2. The molecular weight excluding hydrogens is 370 g/mol. The molecule has 1 aromatic carbocycles. The van der Waals surface area contributed by atoms with E-state index in [1.165, 1.54) is 12.8 Å². The largest absolute Gasteiger partial charge is 0.352 e. The Kier molecular flexibility index (Phi) is 6.34. The van der Waals surface area contributed by atoms with Crippen LogP contribution in [0.4, 0.5) is 0 Å². The third kappa shape index (κ3) is 4.77. The van der Waals surface area contributed by atoms with Crippen LogP contribution in [0.1, 0.15) is 37.6 Å². The average molecular weight is 400 g/mol. The van der Waals surface area contributed by atoms with E-state index in [0.717, 1.165) is 61.1 Å². The Labute approximate surface area is 171 Å². The first-order valence-electron chi connectivity index (χ1n) is 10.3. The van der Waals surface area contributed by atoms with Crippen molar-refractivity contribution in [2.75, 3.05) is 26.2 Å². The van der Waals surface area contributed by atoms with Crippen LogP contribution < -0.4 is 5.32 Å². The van der Waals surface area contributed by atoms with Crippen LogP contribution in [-0.4, -0.2) is 64.2 Å². The van der Waals surface area contributed by atoms with E-state index in [1.807, 2.05) is 25.1 Å². The van der Waals surface area contributed by atoms with Crippen molar-refractivity contribution < 1.29 is 4.79 Å². The van der Waals surface area contributed by atoms with Gasteiger partial charge in [0, 0.05) is 37.8 Å². The van der Waals surface area contributed by atoms with E-state index in [4.69, 9.17) is 0 Å². The Bertz CT molecular complexity index is 766. The van der Waals surface area contributed by atoms with E-state index in [0.29, 0.717) is 6.04 Å².